The highest BCUT2D eigenvalue weighted by Crippen LogP contribution is 2.40. The molecule has 2 aromatic rings. The summed E-state index contributed by atoms with van der Waals surface area (Å²) >= 11 is 0. The van der Waals surface area contributed by atoms with Gasteiger partial charge in [0.2, 0.25) is 0 Å². The third-order valence-corrected chi connectivity index (χ3v) is 11.0. The van der Waals surface area contributed by atoms with Crippen molar-refractivity contribution in [2.45, 2.75) is 64.3 Å². The number of ether oxygens (including phenoxy) is 2. The summed E-state index contributed by atoms with van der Waals surface area (Å²) in [5.41, 5.74) is 2.55. The average Bonchev–Trinajstić information content (AvgIpc) is 2.71. The Hall–Kier alpha value is -2.11. The van der Waals surface area contributed by atoms with Crippen LogP contribution in [0.1, 0.15) is 38.3 Å². The Labute approximate surface area is 181 Å². The van der Waals surface area contributed by atoms with E-state index in [-0.39, 0.29) is 16.9 Å². The second-order valence-electron chi connectivity index (χ2n) is 9.67. The smallest absolute Gasteiger partial charge is 0.334 e. The number of carbonyl (C=O) groups is 1. The van der Waals surface area contributed by atoms with E-state index in [2.05, 4.69) is 46.0 Å². The molecule has 0 saturated heterocycles. The molecule has 0 heterocycles. The van der Waals surface area contributed by atoms with E-state index in [1.165, 1.54) is 18.2 Å². The number of benzene rings is 2. The maximum absolute atomic E-state index is 12.6. The zero-order valence-corrected chi connectivity index (χ0v) is 20.0. The molecule has 0 amide bonds. The quantitative estimate of drug-likeness (QED) is 0.411. The number of hydrogen-bond acceptors (Lipinski definition) is 4. The van der Waals surface area contributed by atoms with Gasteiger partial charge in [-0.2, -0.15) is 0 Å². The van der Waals surface area contributed by atoms with E-state index in [0.717, 1.165) is 30.8 Å². The molecule has 30 heavy (non-hydrogen) atoms. The van der Waals surface area contributed by atoms with E-state index in [4.69, 9.17) is 13.9 Å². The van der Waals surface area contributed by atoms with Crippen molar-refractivity contribution in [1.29, 1.82) is 0 Å². The normalized spacial score (nSPS) is 17.7. The van der Waals surface area contributed by atoms with E-state index < -0.39 is 14.4 Å². The van der Waals surface area contributed by atoms with Crippen LogP contribution in [0.5, 0.6) is 11.5 Å². The van der Waals surface area contributed by atoms with Gasteiger partial charge in [-0.25, -0.2) is 4.79 Å². The van der Waals surface area contributed by atoms with E-state index in [9.17, 15) is 4.79 Å². The molecule has 2 unspecified atom stereocenters. The number of methoxy groups -OCH3 is 1. The summed E-state index contributed by atoms with van der Waals surface area (Å²) in [4.78, 5) is 12.6. The Bertz CT molecular complexity index is 870. The molecule has 0 bridgehead atoms. The molecule has 4 nitrogen and oxygen atoms in total. The number of esters is 1. The summed E-state index contributed by atoms with van der Waals surface area (Å²) < 4.78 is 17.7. The standard InChI is InChI=1S/C25H34O4Si/c1-25(2,3)30(5,6)29-23(24(26)27-4)20-13-12-19-17-22(15-14-18(19)16-20)28-21-10-8-7-9-11-21/h7-11,14-15,17,20,23H,12-13,16H2,1-6H3. The lowest BCUT2D eigenvalue weighted by Gasteiger charge is -2.41. The van der Waals surface area contributed by atoms with Crippen LogP contribution >= 0.6 is 0 Å². The van der Waals surface area contributed by atoms with Crippen LogP contribution in [0.15, 0.2) is 48.5 Å². The zero-order chi connectivity index (χ0) is 21.9. The van der Waals surface area contributed by atoms with Crippen LogP contribution in [0.3, 0.4) is 0 Å². The molecule has 162 valence electrons. The third kappa shape index (κ3) is 5.13. The van der Waals surface area contributed by atoms with Gasteiger partial charge in [0.15, 0.2) is 8.32 Å². The van der Waals surface area contributed by atoms with Crippen molar-refractivity contribution < 1.29 is 18.7 Å². The molecule has 1 aliphatic carbocycles. The topological polar surface area (TPSA) is 44.8 Å². The highest BCUT2D eigenvalue weighted by Gasteiger charge is 2.44. The molecule has 0 N–H and O–H groups in total. The van der Waals surface area contributed by atoms with Crippen LogP contribution in [-0.2, 0) is 26.8 Å². The molecule has 0 aliphatic heterocycles. The van der Waals surface area contributed by atoms with E-state index in [1.807, 2.05) is 36.4 Å². The van der Waals surface area contributed by atoms with Crippen molar-refractivity contribution in [3.05, 3.63) is 59.7 Å². The van der Waals surface area contributed by atoms with Crippen molar-refractivity contribution >= 4 is 14.3 Å². The summed E-state index contributed by atoms with van der Waals surface area (Å²) in [6, 6.07) is 16.1. The van der Waals surface area contributed by atoms with Crippen molar-refractivity contribution in [3.8, 4) is 11.5 Å². The average molecular weight is 427 g/mol. The second-order valence-corrected chi connectivity index (χ2v) is 14.4. The fourth-order valence-corrected chi connectivity index (χ4v) is 4.93. The lowest BCUT2D eigenvalue weighted by molar-refractivity contribution is -0.152. The minimum Gasteiger partial charge on any atom is -0.467 e. The third-order valence-electron chi connectivity index (χ3n) is 6.51. The molecule has 0 fully saturated rings. The first-order valence-electron chi connectivity index (χ1n) is 10.7. The van der Waals surface area contributed by atoms with Gasteiger partial charge in [0.25, 0.3) is 0 Å². The lowest BCUT2D eigenvalue weighted by atomic mass is 9.81. The van der Waals surface area contributed by atoms with Gasteiger partial charge in [0.05, 0.1) is 7.11 Å². The molecule has 2 atom stereocenters. The van der Waals surface area contributed by atoms with Crippen molar-refractivity contribution in [1.82, 2.24) is 0 Å². The first-order chi connectivity index (χ1) is 14.1. The maximum Gasteiger partial charge on any atom is 0.334 e. The molecule has 0 aromatic heterocycles. The van der Waals surface area contributed by atoms with Gasteiger partial charge >= 0.3 is 5.97 Å². The number of rotatable bonds is 6. The molecule has 3 rings (SSSR count). The van der Waals surface area contributed by atoms with Crippen LogP contribution < -0.4 is 4.74 Å². The first kappa shape index (κ1) is 22.6. The van der Waals surface area contributed by atoms with E-state index >= 15 is 0 Å². The highest BCUT2D eigenvalue weighted by atomic mass is 28.4. The molecular formula is C25H34O4Si. The van der Waals surface area contributed by atoms with Gasteiger partial charge in [-0.1, -0.05) is 45.0 Å². The van der Waals surface area contributed by atoms with Crippen molar-refractivity contribution in [2.24, 2.45) is 5.92 Å². The number of hydrogen-bond donors (Lipinski definition) is 0. The summed E-state index contributed by atoms with van der Waals surface area (Å²) in [6.07, 6.45) is 2.11. The summed E-state index contributed by atoms with van der Waals surface area (Å²) in [6.45, 7) is 11.0. The summed E-state index contributed by atoms with van der Waals surface area (Å²) in [5, 5.41) is 0.0372. The Kier molecular flexibility index (Phi) is 6.73. The molecule has 2 aromatic carbocycles. The summed E-state index contributed by atoms with van der Waals surface area (Å²) in [7, 11) is -0.643. The van der Waals surface area contributed by atoms with Gasteiger partial charge in [-0.15, -0.1) is 0 Å². The van der Waals surface area contributed by atoms with Gasteiger partial charge in [0.1, 0.15) is 17.6 Å². The van der Waals surface area contributed by atoms with Crippen LogP contribution in [0.25, 0.3) is 0 Å². The molecule has 0 saturated carbocycles. The Morgan fingerprint density at radius 2 is 1.73 bits per heavy atom. The monoisotopic (exact) mass is 426 g/mol. The van der Waals surface area contributed by atoms with Gasteiger partial charge in [0, 0.05) is 0 Å². The molecular weight excluding hydrogens is 392 g/mol. The van der Waals surface area contributed by atoms with Gasteiger partial charge < -0.3 is 13.9 Å². The SMILES string of the molecule is COC(=O)C(O[Si](C)(C)C(C)(C)C)C1CCc2cc(Oc3ccccc3)ccc2C1. The van der Waals surface area contributed by atoms with Crippen LogP contribution in [0.4, 0.5) is 0 Å². The minimum atomic E-state index is -2.10. The Balaban J connectivity index is 1.77. The largest absolute Gasteiger partial charge is 0.467 e. The maximum atomic E-state index is 12.6. The van der Waals surface area contributed by atoms with E-state index in [0.29, 0.717) is 0 Å². The highest BCUT2D eigenvalue weighted by molar-refractivity contribution is 6.74. The Morgan fingerprint density at radius 1 is 1.03 bits per heavy atom. The lowest BCUT2D eigenvalue weighted by Crippen LogP contribution is -2.49. The van der Waals surface area contributed by atoms with Gasteiger partial charge in [-0.05, 0) is 78.7 Å². The molecule has 5 heteroatoms. The number of aryl methyl sites for hydroxylation is 1. The minimum absolute atomic E-state index is 0.0372. The predicted molar refractivity (Wildman–Crippen MR) is 123 cm³/mol. The molecule has 0 spiro atoms. The van der Waals surface area contributed by atoms with Gasteiger partial charge in [-0.3, -0.25) is 0 Å². The van der Waals surface area contributed by atoms with Crippen LogP contribution in [0, 0.1) is 5.92 Å². The van der Waals surface area contributed by atoms with Crippen LogP contribution in [-0.4, -0.2) is 27.5 Å². The zero-order valence-electron chi connectivity index (χ0n) is 19.0. The fourth-order valence-electron chi connectivity index (χ4n) is 3.65. The van der Waals surface area contributed by atoms with Crippen molar-refractivity contribution in [3.63, 3.8) is 0 Å². The van der Waals surface area contributed by atoms with Crippen LogP contribution in [0.2, 0.25) is 18.1 Å². The fraction of sp³-hybridized carbons (Fsp3) is 0.480. The first-order valence-corrected chi connectivity index (χ1v) is 13.6. The number of para-hydroxylation sites is 1. The number of carbonyl (C=O) groups excluding carboxylic acids is 1. The predicted octanol–water partition coefficient (Wildman–Crippen LogP) is 6.15. The summed E-state index contributed by atoms with van der Waals surface area (Å²) in [5.74, 6) is 1.55. The molecule has 1 aliphatic rings. The second kappa shape index (κ2) is 8.94. The molecule has 0 radical (unpaired) electrons. The van der Waals surface area contributed by atoms with E-state index in [1.54, 1.807) is 0 Å². The van der Waals surface area contributed by atoms with Crippen molar-refractivity contribution in [2.75, 3.05) is 7.11 Å². The Morgan fingerprint density at radius 3 is 2.37 bits per heavy atom. The number of fused-ring (bicyclic) bond motifs is 1.